The van der Waals surface area contributed by atoms with Crippen molar-refractivity contribution in [2.75, 3.05) is 13.8 Å². The second kappa shape index (κ2) is 7.14. The van der Waals surface area contributed by atoms with Crippen LogP contribution in [0.15, 0.2) is 36.4 Å². The lowest BCUT2D eigenvalue weighted by atomic mass is 10.1. The molecule has 0 saturated heterocycles. The Kier molecular flexibility index (Phi) is 4.94. The van der Waals surface area contributed by atoms with Crippen molar-refractivity contribution in [2.24, 2.45) is 0 Å². The second-order valence-electron chi connectivity index (χ2n) is 5.38. The number of nitrogens with zero attached hydrogens (tertiary/aromatic N) is 1. The summed E-state index contributed by atoms with van der Waals surface area (Å²) in [7, 11) is 1.63. The number of benzene rings is 2. The first kappa shape index (κ1) is 17.3. The highest BCUT2D eigenvalue weighted by atomic mass is 35.5. The summed E-state index contributed by atoms with van der Waals surface area (Å²) >= 11 is 6.09. The predicted octanol–water partition coefficient (Wildman–Crippen LogP) is 3.94. The Morgan fingerprint density at radius 2 is 2.00 bits per heavy atom. The smallest absolute Gasteiger partial charge is 0.387 e. The van der Waals surface area contributed by atoms with E-state index in [1.807, 2.05) is 0 Å². The number of carbonyl (C=O) groups is 1. The summed E-state index contributed by atoms with van der Waals surface area (Å²) in [6.45, 7) is -2.51. The van der Waals surface area contributed by atoms with E-state index in [9.17, 15) is 13.6 Å². The molecule has 3 rings (SSSR count). The summed E-state index contributed by atoms with van der Waals surface area (Å²) in [5.41, 5.74) is 1.14. The first-order valence-electron chi connectivity index (χ1n) is 7.32. The van der Waals surface area contributed by atoms with Crippen LogP contribution < -0.4 is 14.2 Å². The van der Waals surface area contributed by atoms with E-state index in [0.717, 1.165) is 5.56 Å². The summed E-state index contributed by atoms with van der Waals surface area (Å²) in [5.74, 6) is 0.664. The van der Waals surface area contributed by atoms with E-state index in [0.29, 0.717) is 28.6 Å². The van der Waals surface area contributed by atoms with Gasteiger partial charge in [-0.2, -0.15) is 8.78 Å². The molecule has 132 valence electrons. The molecule has 0 bridgehead atoms. The highest BCUT2D eigenvalue weighted by Crippen LogP contribution is 2.40. The van der Waals surface area contributed by atoms with Gasteiger partial charge in [0.05, 0.1) is 5.02 Å². The Morgan fingerprint density at radius 3 is 2.68 bits per heavy atom. The Hall–Kier alpha value is -2.54. The topological polar surface area (TPSA) is 48.0 Å². The van der Waals surface area contributed by atoms with Crippen LogP contribution in [0.4, 0.5) is 8.78 Å². The van der Waals surface area contributed by atoms with E-state index in [2.05, 4.69) is 4.74 Å². The summed E-state index contributed by atoms with van der Waals surface area (Å²) in [5, 5.41) is 0.306. The highest BCUT2D eigenvalue weighted by molar-refractivity contribution is 6.32. The monoisotopic (exact) mass is 369 g/mol. The number of alkyl halides is 2. The van der Waals surface area contributed by atoms with Crippen LogP contribution in [-0.4, -0.2) is 31.3 Å². The normalized spacial score (nSPS) is 12.4. The number of carbonyl (C=O) groups excluding carboxylic acids is 1. The molecule has 0 radical (unpaired) electrons. The molecule has 25 heavy (non-hydrogen) atoms. The average Bonchev–Trinajstić information content (AvgIpc) is 3.04. The standard InChI is InChI=1S/C17H14ClF2NO4/c1-21(8-10-2-4-12(5-3-10)25-17(19)20)16(22)11-6-13(18)15-14(7-11)23-9-24-15/h2-7,17H,8-9H2,1H3. The molecule has 2 aromatic carbocycles. The first-order valence-corrected chi connectivity index (χ1v) is 7.70. The first-order chi connectivity index (χ1) is 11.9. The van der Waals surface area contributed by atoms with E-state index in [-0.39, 0.29) is 18.4 Å². The lowest BCUT2D eigenvalue weighted by Crippen LogP contribution is -2.26. The predicted molar refractivity (Wildman–Crippen MR) is 86.4 cm³/mol. The second-order valence-corrected chi connectivity index (χ2v) is 5.78. The number of hydrogen-bond donors (Lipinski definition) is 0. The van der Waals surface area contributed by atoms with Gasteiger partial charge in [0.15, 0.2) is 11.5 Å². The van der Waals surface area contributed by atoms with Gasteiger partial charge in [-0.05, 0) is 29.8 Å². The third kappa shape index (κ3) is 3.93. The molecule has 1 aliphatic heterocycles. The Balaban J connectivity index is 1.70. The van der Waals surface area contributed by atoms with Gasteiger partial charge in [-0.1, -0.05) is 23.7 Å². The number of amides is 1. The minimum atomic E-state index is -2.87. The van der Waals surface area contributed by atoms with Crippen LogP contribution in [-0.2, 0) is 6.54 Å². The molecule has 0 saturated carbocycles. The quantitative estimate of drug-likeness (QED) is 0.801. The van der Waals surface area contributed by atoms with E-state index < -0.39 is 6.61 Å². The fourth-order valence-corrected chi connectivity index (χ4v) is 2.70. The van der Waals surface area contributed by atoms with Crippen molar-refractivity contribution in [3.05, 3.63) is 52.5 Å². The zero-order valence-electron chi connectivity index (χ0n) is 13.2. The molecule has 1 aliphatic rings. The van der Waals surface area contributed by atoms with E-state index in [1.54, 1.807) is 25.2 Å². The largest absolute Gasteiger partial charge is 0.454 e. The van der Waals surface area contributed by atoms with Crippen LogP contribution in [0, 0.1) is 0 Å². The molecule has 0 spiro atoms. The number of rotatable bonds is 5. The number of ether oxygens (including phenoxy) is 3. The third-order valence-corrected chi connectivity index (χ3v) is 3.87. The molecule has 8 heteroatoms. The van der Waals surface area contributed by atoms with Gasteiger partial charge in [0.25, 0.3) is 5.91 Å². The minimum absolute atomic E-state index is 0.0651. The molecule has 0 fully saturated rings. The molecule has 0 N–H and O–H groups in total. The molecule has 0 atom stereocenters. The van der Waals surface area contributed by atoms with Crippen molar-refractivity contribution in [3.63, 3.8) is 0 Å². The van der Waals surface area contributed by atoms with E-state index in [1.165, 1.54) is 23.1 Å². The van der Waals surface area contributed by atoms with E-state index >= 15 is 0 Å². The number of halogens is 3. The van der Waals surface area contributed by atoms with Crippen LogP contribution in [0.5, 0.6) is 17.2 Å². The molecule has 0 unspecified atom stereocenters. The van der Waals surface area contributed by atoms with Crippen LogP contribution in [0.25, 0.3) is 0 Å². The van der Waals surface area contributed by atoms with Gasteiger partial charge in [-0.25, -0.2) is 0 Å². The molecule has 0 aliphatic carbocycles. The fourth-order valence-electron chi connectivity index (χ4n) is 2.43. The Morgan fingerprint density at radius 1 is 1.28 bits per heavy atom. The molecule has 1 amide bonds. The van der Waals surface area contributed by atoms with Gasteiger partial charge in [-0.15, -0.1) is 0 Å². The van der Waals surface area contributed by atoms with Crippen molar-refractivity contribution in [3.8, 4) is 17.2 Å². The summed E-state index contributed by atoms with van der Waals surface area (Å²) in [6, 6.07) is 9.19. The third-order valence-electron chi connectivity index (χ3n) is 3.59. The van der Waals surface area contributed by atoms with Gasteiger partial charge in [-0.3, -0.25) is 4.79 Å². The molecular formula is C17H14ClF2NO4. The van der Waals surface area contributed by atoms with Crippen LogP contribution in [0.2, 0.25) is 5.02 Å². The fraction of sp³-hybridized carbons (Fsp3) is 0.235. The van der Waals surface area contributed by atoms with Crippen molar-refractivity contribution in [2.45, 2.75) is 13.2 Å². The summed E-state index contributed by atoms with van der Waals surface area (Å²) in [6.07, 6.45) is 0. The summed E-state index contributed by atoms with van der Waals surface area (Å²) < 4.78 is 39.1. The van der Waals surface area contributed by atoms with Gasteiger partial charge in [0, 0.05) is 19.2 Å². The zero-order chi connectivity index (χ0) is 18.0. The number of fused-ring (bicyclic) bond motifs is 1. The number of hydrogen-bond acceptors (Lipinski definition) is 4. The average molecular weight is 370 g/mol. The SMILES string of the molecule is CN(Cc1ccc(OC(F)F)cc1)C(=O)c1cc(Cl)c2c(c1)OCO2. The summed E-state index contributed by atoms with van der Waals surface area (Å²) in [4.78, 5) is 14.0. The molecule has 5 nitrogen and oxygen atoms in total. The van der Waals surface area contributed by atoms with Crippen LogP contribution in [0.3, 0.4) is 0 Å². The van der Waals surface area contributed by atoms with Crippen molar-refractivity contribution in [1.82, 2.24) is 4.90 Å². The van der Waals surface area contributed by atoms with Crippen LogP contribution >= 0.6 is 11.6 Å². The molecule has 1 heterocycles. The lowest BCUT2D eigenvalue weighted by Gasteiger charge is -2.18. The Labute approximate surface area is 147 Å². The zero-order valence-corrected chi connectivity index (χ0v) is 13.9. The van der Waals surface area contributed by atoms with E-state index in [4.69, 9.17) is 21.1 Å². The molecule has 0 aromatic heterocycles. The maximum absolute atomic E-state index is 12.6. The maximum atomic E-state index is 12.6. The Bertz CT molecular complexity index is 783. The van der Waals surface area contributed by atoms with Gasteiger partial charge in [0.1, 0.15) is 5.75 Å². The van der Waals surface area contributed by atoms with Crippen molar-refractivity contribution < 1.29 is 27.8 Å². The van der Waals surface area contributed by atoms with Gasteiger partial charge >= 0.3 is 6.61 Å². The van der Waals surface area contributed by atoms with Crippen LogP contribution in [0.1, 0.15) is 15.9 Å². The minimum Gasteiger partial charge on any atom is -0.454 e. The van der Waals surface area contributed by atoms with Gasteiger partial charge in [0.2, 0.25) is 6.79 Å². The van der Waals surface area contributed by atoms with Gasteiger partial charge < -0.3 is 19.1 Å². The highest BCUT2D eigenvalue weighted by Gasteiger charge is 2.22. The van der Waals surface area contributed by atoms with Crippen molar-refractivity contribution in [1.29, 1.82) is 0 Å². The maximum Gasteiger partial charge on any atom is 0.387 e. The molecular weight excluding hydrogens is 356 g/mol. The molecule has 2 aromatic rings. The van der Waals surface area contributed by atoms with Crippen molar-refractivity contribution >= 4 is 17.5 Å². The lowest BCUT2D eigenvalue weighted by molar-refractivity contribution is -0.0498.